The SMILES string of the molecule is C[C@@H](N)c1cc(Cl)ccc1OCc1cc(F)cc(C#N)c1. The van der Waals surface area contributed by atoms with Gasteiger partial charge in [0, 0.05) is 16.6 Å². The van der Waals surface area contributed by atoms with E-state index >= 15 is 0 Å². The lowest BCUT2D eigenvalue weighted by Crippen LogP contribution is -2.08. The van der Waals surface area contributed by atoms with E-state index in [2.05, 4.69) is 0 Å². The Labute approximate surface area is 127 Å². The molecule has 0 saturated heterocycles. The molecule has 1 atom stereocenters. The van der Waals surface area contributed by atoms with Crippen LogP contribution in [0, 0.1) is 17.1 Å². The summed E-state index contributed by atoms with van der Waals surface area (Å²) in [4.78, 5) is 0. The van der Waals surface area contributed by atoms with Crippen LogP contribution in [0.15, 0.2) is 36.4 Å². The molecule has 0 bridgehead atoms. The van der Waals surface area contributed by atoms with Gasteiger partial charge >= 0.3 is 0 Å². The molecule has 0 aliphatic carbocycles. The van der Waals surface area contributed by atoms with E-state index in [0.717, 1.165) is 5.56 Å². The van der Waals surface area contributed by atoms with Crippen molar-refractivity contribution >= 4 is 11.6 Å². The quantitative estimate of drug-likeness (QED) is 0.930. The van der Waals surface area contributed by atoms with E-state index in [-0.39, 0.29) is 18.2 Å². The van der Waals surface area contributed by atoms with E-state index in [1.165, 1.54) is 12.1 Å². The van der Waals surface area contributed by atoms with Crippen LogP contribution < -0.4 is 10.5 Å². The number of rotatable bonds is 4. The third-order valence-electron chi connectivity index (χ3n) is 2.94. The lowest BCUT2D eigenvalue weighted by atomic mass is 10.1. The van der Waals surface area contributed by atoms with Crippen molar-refractivity contribution in [3.63, 3.8) is 0 Å². The molecule has 2 aromatic carbocycles. The average Bonchev–Trinajstić information content (AvgIpc) is 2.45. The minimum atomic E-state index is -0.462. The molecule has 0 aromatic heterocycles. The zero-order chi connectivity index (χ0) is 15.4. The van der Waals surface area contributed by atoms with E-state index in [1.807, 2.05) is 13.0 Å². The third kappa shape index (κ3) is 3.94. The Hall–Kier alpha value is -2.09. The Morgan fingerprint density at radius 2 is 2.10 bits per heavy atom. The largest absolute Gasteiger partial charge is 0.489 e. The van der Waals surface area contributed by atoms with Crippen molar-refractivity contribution in [3.05, 3.63) is 63.9 Å². The van der Waals surface area contributed by atoms with Crippen LogP contribution in [-0.4, -0.2) is 0 Å². The van der Waals surface area contributed by atoms with Crippen molar-refractivity contribution in [2.24, 2.45) is 5.73 Å². The molecule has 108 valence electrons. The molecule has 2 rings (SSSR count). The van der Waals surface area contributed by atoms with E-state index in [9.17, 15) is 4.39 Å². The van der Waals surface area contributed by atoms with Gasteiger partial charge in [0.25, 0.3) is 0 Å². The van der Waals surface area contributed by atoms with Gasteiger partial charge in [-0.1, -0.05) is 11.6 Å². The van der Waals surface area contributed by atoms with Crippen molar-refractivity contribution in [1.29, 1.82) is 5.26 Å². The maximum absolute atomic E-state index is 13.4. The highest BCUT2D eigenvalue weighted by Gasteiger charge is 2.10. The lowest BCUT2D eigenvalue weighted by molar-refractivity contribution is 0.301. The van der Waals surface area contributed by atoms with E-state index in [1.54, 1.807) is 24.3 Å². The first-order chi connectivity index (χ1) is 9.99. The Morgan fingerprint density at radius 3 is 2.76 bits per heavy atom. The summed E-state index contributed by atoms with van der Waals surface area (Å²) < 4.78 is 19.0. The van der Waals surface area contributed by atoms with E-state index < -0.39 is 5.82 Å². The molecule has 0 heterocycles. The maximum atomic E-state index is 13.4. The molecule has 21 heavy (non-hydrogen) atoms. The minimum absolute atomic E-state index is 0.147. The molecule has 3 nitrogen and oxygen atoms in total. The van der Waals surface area contributed by atoms with Gasteiger partial charge in [-0.15, -0.1) is 0 Å². The van der Waals surface area contributed by atoms with Crippen LogP contribution in [0.1, 0.15) is 29.7 Å². The molecule has 0 aliphatic heterocycles. The molecular weight excluding hydrogens is 291 g/mol. The summed E-state index contributed by atoms with van der Waals surface area (Å²) in [7, 11) is 0. The van der Waals surface area contributed by atoms with Crippen LogP contribution in [-0.2, 0) is 6.61 Å². The summed E-state index contributed by atoms with van der Waals surface area (Å²) >= 11 is 5.94. The zero-order valence-electron chi connectivity index (χ0n) is 11.4. The molecule has 2 N–H and O–H groups in total. The second-order valence-corrected chi connectivity index (χ2v) is 5.16. The van der Waals surface area contributed by atoms with Crippen LogP contribution in [0.2, 0.25) is 5.02 Å². The number of hydrogen-bond acceptors (Lipinski definition) is 3. The molecule has 5 heteroatoms. The van der Waals surface area contributed by atoms with Crippen molar-refractivity contribution in [2.75, 3.05) is 0 Å². The van der Waals surface area contributed by atoms with Gasteiger partial charge in [-0.25, -0.2) is 4.39 Å². The molecule has 2 aromatic rings. The van der Waals surface area contributed by atoms with Gasteiger partial charge in [-0.2, -0.15) is 5.26 Å². The molecule has 0 saturated carbocycles. The Balaban J connectivity index is 2.21. The maximum Gasteiger partial charge on any atom is 0.124 e. The van der Waals surface area contributed by atoms with Crippen LogP contribution in [0.5, 0.6) is 5.75 Å². The molecule has 0 aliphatic rings. The highest BCUT2D eigenvalue weighted by Crippen LogP contribution is 2.28. The molecule has 0 fully saturated rings. The number of halogens is 2. The molecular formula is C16H14ClFN2O. The topological polar surface area (TPSA) is 59.0 Å². The van der Waals surface area contributed by atoms with Crippen molar-refractivity contribution < 1.29 is 9.13 Å². The zero-order valence-corrected chi connectivity index (χ0v) is 12.2. The van der Waals surface area contributed by atoms with Gasteiger partial charge in [-0.3, -0.25) is 0 Å². The summed E-state index contributed by atoms with van der Waals surface area (Å²) in [5.41, 5.74) is 7.50. The summed E-state index contributed by atoms with van der Waals surface area (Å²) in [5.74, 6) is 0.133. The Morgan fingerprint density at radius 1 is 1.33 bits per heavy atom. The summed E-state index contributed by atoms with van der Waals surface area (Å²) in [6.45, 7) is 1.97. The van der Waals surface area contributed by atoms with Crippen LogP contribution in [0.4, 0.5) is 4.39 Å². The van der Waals surface area contributed by atoms with Gasteiger partial charge in [0.2, 0.25) is 0 Å². The highest BCUT2D eigenvalue weighted by atomic mass is 35.5. The van der Waals surface area contributed by atoms with Gasteiger partial charge in [-0.05, 0) is 48.9 Å². The molecule has 0 radical (unpaired) electrons. The highest BCUT2D eigenvalue weighted by molar-refractivity contribution is 6.30. The Bertz CT molecular complexity index is 695. The second kappa shape index (κ2) is 6.57. The first-order valence-electron chi connectivity index (χ1n) is 6.37. The van der Waals surface area contributed by atoms with Gasteiger partial charge < -0.3 is 10.5 Å². The fourth-order valence-corrected chi connectivity index (χ4v) is 2.15. The predicted octanol–water partition coefficient (Wildman–Crippen LogP) is 3.95. The van der Waals surface area contributed by atoms with Crippen molar-refractivity contribution in [2.45, 2.75) is 19.6 Å². The van der Waals surface area contributed by atoms with Crippen molar-refractivity contribution in [1.82, 2.24) is 0 Å². The molecule has 0 amide bonds. The van der Waals surface area contributed by atoms with Gasteiger partial charge in [0.05, 0.1) is 11.6 Å². The average molecular weight is 305 g/mol. The molecule has 0 unspecified atom stereocenters. The van der Waals surface area contributed by atoms with Crippen LogP contribution in [0.3, 0.4) is 0 Å². The first kappa shape index (κ1) is 15.3. The Kier molecular flexibility index (Phi) is 4.79. The predicted molar refractivity (Wildman–Crippen MR) is 79.5 cm³/mol. The van der Waals surface area contributed by atoms with Crippen molar-refractivity contribution in [3.8, 4) is 11.8 Å². The third-order valence-corrected chi connectivity index (χ3v) is 3.18. The van der Waals surface area contributed by atoms with Crippen LogP contribution in [0.25, 0.3) is 0 Å². The molecule has 0 spiro atoms. The van der Waals surface area contributed by atoms with Gasteiger partial charge in [0.1, 0.15) is 18.2 Å². The minimum Gasteiger partial charge on any atom is -0.489 e. The number of nitrogens with zero attached hydrogens (tertiary/aromatic N) is 1. The van der Waals surface area contributed by atoms with E-state index in [4.69, 9.17) is 27.3 Å². The number of hydrogen-bond donors (Lipinski definition) is 1. The smallest absolute Gasteiger partial charge is 0.124 e. The summed E-state index contributed by atoms with van der Waals surface area (Å²) in [5, 5.41) is 9.41. The number of nitrogens with two attached hydrogens (primary N) is 1. The summed E-state index contributed by atoms with van der Waals surface area (Å²) in [6.07, 6.45) is 0. The fourth-order valence-electron chi connectivity index (χ4n) is 1.97. The first-order valence-corrected chi connectivity index (χ1v) is 6.75. The van der Waals surface area contributed by atoms with Crippen LogP contribution >= 0.6 is 11.6 Å². The van der Waals surface area contributed by atoms with Gasteiger partial charge in [0.15, 0.2) is 0 Å². The standard InChI is InChI=1S/C16H14ClFN2O/c1-10(20)15-7-13(17)2-3-16(15)21-9-12-4-11(8-19)5-14(18)6-12/h2-7,10H,9,20H2,1H3/t10-/m1/s1. The number of nitriles is 1. The fraction of sp³-hybridized carbons (Fsp3) is 0.188. The number of ether oxygens (including phenoxy) is 1. The number of benzene rings is 2. The monoisotopic (exact) mass is 304 g/mol. The lowest BCUT2D eigenvalue weighted by Gasteiger charge is -2.14. The summed E-state index contributed by atoms with van der Waals surface area (Å²) in [6, 6.07) is 11.0. The second-order valence-electron chi connectivity index (χ2n) is 4.72. The van der Waals surface area contributed by atoms with E-state index in [0.29, 0.717) is 16.3 Å². The normalized spacial score (nSPS) is 11.8.